The van der Waals surface area contributed by atoms with Crippen molar-refractivity contribution in [1.29, 1.82) is 0 Å². The number of thiophene rings is 1. The molecular formula is C58H45NS. The fourth-order valence-electron chi connectivity index (χ4n) is 10.2. The molecule has 0 unspecified atom stereocenters. The summed E-state index contributed by atoms with van der Waals surface area (Å²) < 4.78 is 0. The molecule has 0 bridgehead atoms. The molecule has 0 spiro atoms. The van der Waals surface area contributed by atoms with E-state index in [0.717, 1.165) is 17.1 Å². The van der Waals surface area contributed by atoms with E-state index in [4.69, 9.17) is 0 Å². The molecule has 2 aliphatic carbocycles. The van der Waals surface area contributed by atoms with Crippen molar-refractivity contribution in [2.45, 2.75) is 38.5 Å². The smallest absolute Gasteiger partial charge is 0.0465 e. The van der Waals surface area contributed by atoms with E-state index < -0.39 is 0 Å². The maximum absolute atomic E-state index is 2.43. The summed E-state index contributed by atoms with van der Waals surface area (Å²) in [7, 11) is 0. The maximum Gasteiger partial charge on any atom is 0.0465 e. The lowest BCUT2D eigenvalue weighted by molar-refractivity contribution is 0.660. The monoisotopic (exact) mass is 787 g/mol. The second-order valence-electron chi connectivity index (χ2n) is 17.3. The van der Waals surface area contributed by atoms with Crippen molar-refractivity contribution in [2.75, 3.05) is 4.90 Å². The highest BCUT2D eigenvalue weighted by molar-refractivity contribution is 7.19. The van der Waals surface area contributed by atoms with E-state index >= 15 is 0 Å². The van der Waals surface area contributed by atoms with E-state index in [0.29, 0.717) is 0 Å². The summed E-state index contributed by atoms with van der Waals surface area (Å²) in [6.45, 7) is 9.58. The van der Waals surface area contributed by atoms with E-state index in [-0.39, 0.29) is 10.8 Å². The lowest BCUT2D eigenvalue weighted by Crippen LogP contribution is -2.17. The zero-order valence-electron chi connectivity index (χ0n) is 34.4. The van der Waals surface area contributed by atoms with Crippen LogP contribution in [0, 0.1) is 0 Å². The Kier molecular flexibility index (Phi) is 8.44. The van der Waals surface area contributed by atoms with Gasteiger partial charge in [0.25, 0.3) is 0 Å². The summed E-state index contributed by atoms with van der Waals surface area (Å²) in [5.41, 5.74) is 21.6. The van der Waals surface area contributed by atoms with Crippen LogP contribution >= 0.6 is 11.3 Å². The third kappa shape index (κ3) is 5.66. The lowest BCUT2D eigenvalue weighted by Gasteiger charge is -2.29. The number of anilines is 3. The molecule has 0 radical (unpaired) electrons. The Hall–Kier alpha value is -6.74. The fraction of sp³-hybridized carbons (Fsp3) is 0.103. The average molecular weight is 788 g/mol. The Morgan fingerprint density at radius 3 is 1.47 bits per heavy atom. The van der Waals surface area contributed by atoms with E-state index in [9.17, 15) is 0 Å². The molecule has 8 aromatic carbocycles. The first-order valence-electron chi connectivity index (χ1n) is 21.0. The van der Waals surface area contributed by atoms with Crippen LogP contribution in [-0.2, 0) is 10.8 Å². The molecule has 60 heavy (non-hydrogen) atoms. The molecule has 0 fully saturated rings. The first-order valence-corrected chi connectivity index (χ1v) is 21.8. The molecule has 1 heterocycles. The van der Waals surface area contributed by atoms with Crippen LogP contribution in [0.1, 0.15) is 49.9 Å². The predicted molar refractivity (Wildman–Crippen MR) is 256 cm³/mol. The van der Waals surface area contributed by atoms with Gasteiger partial charge in [0.05, 0.1) is 0 Å². The Balaban J connectivity index is 1.03. The molecule has 2 aliphatic rings. The Morgan fingerprint density at radius 2 is 0.817 bits per heavy atom. The van der Waals surface area contributed by atoms with Crippen molar-refractivity contribution >= 4 is 28.4 Å². The number of rotatable bonds is 7. The van der Waals surface area contributed by atoms with Gasteiger partial charge in [0.1, 0.15) is 0 Å². The molecular weight excluding hydrogens is 743 g/mol. The first kappa shape index (κ1) is 36.3. The van der Waals surface area contributed by atoms with Crippen LogP contribution in [0.4, 0.5) is 17.1 Å². The second-order valence-corrected chi connectivity index (χ2v) is 18.3. The summed E-state index contributed by atoms with van der Waals surface area (Å²) in [4.78, 5) is 5.13. The maximum atomic E-state index is 2.43. The summed E-state index contributed by atoms with van der Waals surface area (Å²) in [5, 5.41) is 0. The highest BCUT2D eigenvalue weighted by atomic mass is 32.1. The van der Waals surface area contributed by atoms with E-state index in [1.807, 2.05) is 11.3 Å². The van der Waals surface area contributed by atoms with E-state index in [1.54, 1.807) is 0 Å². The van der Waals surface area contributed by atoms with Crippen LogP contribution < -0.4 is 4.90 Å². The van der Waals surface area contributed by atoms with Gasteiger partial charge in [0.2, 0.25) is 0 Å². The van der Waals surface area contributed by atoms with Gasteiger partial charge in [0, 0.05) is 43.2 Å². The molecule has 0 saturated heterocycles. The third-order valence-electron chi connectivity index (χ3n) is 13.1. The minimum atomic E-state index is -0.212. The molecule has 0 atom stereocenters. The number of nitrogens with zero attached hydrogens (tertiary/aromatic N) is 1. The normalized spacial score (nSPS) is 13.9. The minimum absolute atomic E-state index is 0.0996. The molecule has 288 valence electrons. The summed E-state index contributed by atoms with van der Waals surface area (Å²) in [5.74, 6) is 0. The third-order valence-corrected chi connectivity index (χ3v) is 14.3. The SMILES string of the molecule is CC1(C)c2ccccc2-c2ccc(N(c3ccc(-c4ccccc4)cc3)c3ccc(-c4cccc5c4C(C)(C)c4c(-c6ccccc6)sc(-c6ccccc6)c4-5)cc3)cc21. The first-order chi connectivity index (χ1) is 29.3. The van der Waals surface area contributed by atoms with Crippen molar-refractivity contribution in [3.63, 3.8) is 0 Å². The summed E-state index contributed by atoms with van der Waals surface area (Å²) in [6.07, 6.45) is 0. The van der Waals surface area contributed by atoms with Gasteiger partial charge in [-0.1, -0.05) is 191 Å². The Bertz CT molecular complexity index is 3050. The molecule has 9 aromatic rings. The highest BCUT2D eigenvalue weighted by Crippen LogP contribution is 2.61. The minimum Gasteiger partial charge on any atom is -0.310 e. The van der Waals surface area contributed by atoms with Gasteiger partial charge < -0.3 is 4.90 Å². The van der Waals surface area contributed by atoms with Crippen molar-refractivity contribution in [3.05, 3.63) is 222 Å². The van der Waals surface area contributed by atoms with E-state index in [1.165, 1.54) is 87.6 Å². The molecule has 0 amide bonds. The lowest BCUT2D eigenvalue weighted by atomic mass is 9.78. The van der Waals surface area contributed by atoms with Crippen LogP contribution in [0.15, 0.2) is 200 Å². The van der Waals surface area contributed by atoms with E-state index in [2.05, 4.69) is 233 Å². The predicted octanol–water partition coefficient (Wildman–Crippen LogP) is 16.5. The second kappa shape index (κ2) is 13.9. The van der Waals surface area contributed by atoms with Crippen LogP contribution in [0.3, 0.4) is 0 Å². The Morgan fingerprint density at radius 1 is 0.333 bits per heavy atom. The molecule has 1 nitrogen and oxygen atoms in total. The van der Waals surface area contributed by atoms with Gasteiger partial charge in [-0.05, 0) is 109 Å². The average Bonchev–Trinajstić information content (AvgIpc) is 3.90. The number of hydrogen-bond acceptors (Lipinski definition) is 2. The van der Waals surface area contributed by atoms with Crippen molar-refractivity contribution in [1.82, 2.24) is 0 Å². The van der Waals surface area contributed by atoms with Crippen molar-refractivity contribution in [3.8, 4) is 65.4 Å². The van der Waals surface area contributed by atoms with Gasteiger partial charge in [-0.2, -0.15) is 0 Å². The van der Waals surface area contributed by atoms with Crippen LogP contribution in [-0.4, -0.2) is 0 Å². The van der Waals surface area contributed by atoms with Gasteiger partial charge in [0.15, 0.2) is 0 Å². The zero-order chi connectivity index (χ0) is 40.6. The number of benzene rings is 8. The van der Waals surface area contributed by atoms with Gasteiger partial charge in [-0.15, -0.1) is 11.3 Å². The molecule has 1 aromatic heterocycles. The largest absolute Gasteiger partial charge is 0.310 e. The standard InChI is InChI=1S/C58H45NS/c1-57(2)50-26-15-14-23-47(50)48-36-35-45(37-51(48)57)59(43-31-27-39(28-32-43)38-17-8-5-9-18-38)44-33-29-40(30-34-44)46-24-16-25-49-52-54(58(3,4)53(46)49)56(42-21-12-7-13-22-42)60-55(52)41-19-10-6-11-20-41/h5-37H,1-4H3. The zero-order valence-corrected chi connectivity index (χ0v) is 35.2. The number of fused-ring (bicyclic) bond motifs is 6. The Labute approximate surface area is 357 Å². The summed E-state index contributed by atoms with van der Waals surface area (Å²) >= 11 is 1.93. The molecule has 0 saturated carbocycles. The topological polar surface area (TPSA) is 3.24 Å². The van der Waals surface area contributed by atoms with Gasteiger partial charge in [-0.3, -0.25) is 0 Å². The molecule has 11 rings (SSSR count). The fourth-order valence-corrected chi connectivity index (χ4v) is 11.7. The van der Waals surface area contributed by atoms with Gasteiger partial charge >= 0.3 is 0 Å². The van der Waals surface area contributed by atoms with Crippen LogP contribution in [0.2, 0.25) is 0 Å². The molecule has 0 aliphatic heterocycles. The van der Waals surface area contributed by atoms with Crippen LogP contribution in [0.5, 0.6) is 0 Å². The van der Waals surface area contributed by atoms with Crippen LogP contribution in [0.25, 0.3) is 65.4 Å². The molecule has 0 N–H and O–H groups in total. The van der Waals surface area contributed by atoms with Gasteiger partial charge in [-0.25, -0.2) is 0 Å². The summed E-state index contributed by atoms with van der Waals surface area (Å²) in [6, 6.07) is 73.8. The van der Waals surface area contributed by atoms with Crippen molar-refractivity contribution in [2.24, 2.45) is 0 Å². The van der Waals surface area contributed by atoms with Crippen molar-refractivity contribution < 1.29 is 0 Å². The highest BCUT2D eigenvalue weighted by Gasteiger charge is 2.43. The molecule has 2 heteroatoms. The number of hydrogen-bond donors (Lipinski definition) is 0. The quantitative estimate of drug-likeness (QED) is 0.155.